The van der Waals surface area contributed by atoms with Crippen molar-refractivity contribution >= 4 is 11.6 Å². The average molecular weight is 329 g/mol. The molecule has 0 aliphatic carbocycles. The number of hydrogen-bond acceptors (Lipinski definition) is 3. The summed E-state index contributed by atoms with van der Waals surface area (Å²) in [5.41, 5.74) is 3.04. The molecule has 0 saturated carbocycles. The van der Waals surface area contributed by atoms with Crippen LogP contribution in [0.1, 0.15) is 18.4 Å². The Morgan fingerprint density at radius 2 is 2.00 bits per heavy atom. The molecule has 0 radical (unpaired) electrons. The minimum Gasteiger partial charge on any atom is -0.487 e. The van der Waals surface area contributed by atoms with E-state index in [9.17, 15) is 0 Å². The Hall–Kier alpha value is -1.58. The van der Waals surface area contributed by atoms with Crippen molar-refractivity contribution in [2.45, 2.75) is 25.9 Å². The Bertz CT molecular complexity index is 693. The first-order valence-electron chi connectivity index (χ1n) is 8.30. The zero-order chi connectivity index (χ0) is 15.8. The number of aryl methyl sites for hydroxylation is 1. The molecule has 1 aromatic carbocycles. The third-order valence-corrected chi connectivity index (χ3v) is 5.35. The van der Waals surface area contributed by atoms with Crippen LogP contribution < -0.4 is 4.74 Å². The van der Waals surface area contributed by atoms with E-state index in [-0.39, 0.29) is 0 Å². The molecule has 1 atom stereocenters. The average Bonchev–Trinajstić information content (AvgIpc) is 2.59. The third kappa shape index (κ3) is 3.08. The monoisotopic (exact) mass is 328 g/mol. The summed E-state index contributed by atoms with van der Waals surface area (Å²) < 4.78 is 6.20. The molecule has 2 bridgehead atoms. The Kier molecular flexibility index (Phi) is 4.00. The predicted molar refractivity (Wildman–Crippen MR) is 93.0 cm³/mol. The van der Waals surface area contributed by atoms with Crippen LogP contribution in [0.4, 0.5) is 0 Å². The van der Waals surface area contributed by atoms with E-state index in [2.05, 4.69) is 22.9 Å². The first-order valence-corrected chi connectivity index (χ1v) is 8.68. The van der Waals surface area contributed by atoms with Crippen LogP contribution >= 0.6 is 11.6 Å². The van der Waals surface area contributed by atoms with Crippen LogP contribution in [0.15, 0.2) is 36.5 Å². The number of ether oxygens (including phenoxy) is 1. The predicted octanol–water partition coefficient (Wildman–Crippen LogP) is 4.18. The minimum absolute atomic E-state index is 0.313. The number of nitrogens with zero attached hydrogens (tertiary/aromatic N) is 2. The van der Waals surface area contributed by atoms with Gasteiger partial charge in [-0.05, 0) is 63.0 Å². The van der Waals surface area contributed by atoms with Crippen LogP contribution in [0, 0.1) is 12.8 Å². The van der Waals surface area contributed by atoms with Gasteiger partial charge in [-0.15, -0.1) is 0 Å². The molecule has 4 heterocycles. The van der Waals surface area contributed by atoms with Crippen LogP contribution in [-0.4, -0.2) is 35.6 Å². The summed E-state index contributed by atoms with van der Waals surface area (Å²) in [7, 11) is 0. The van der Waals surface area contributed by atoms with Gasteiger partial charge in [0.2, 0.25) is 0 Å². The highest BCUT2D eigenvalue weighted by Crippen LogP contribution is 2.32. The van der Waals surface area contributed by atoms with E-state index in [1.165, 1.54) is 31.5 Å². The summed E-state index contributed by atoms with van der Waals surface area (Å²) in [6.45, 7) is 5.57. The molecule has 3 aliphatic rings. The Morgan fingerprint density at radius 1 is 1.17 bits per heavy atom. The molecule has 3 saturated heterocycles. The molecule has 3 aliphatic heterocycles. The van der Waals surface area contributed by atoms with E-state index >= 15 is 0 Å². The van der Waals surface area contributed by atoms with E-state index < -0.39 is 0 Å². The van der Waals surface area contributed by atoms with Crippen molar-refractivity contribution in [2.75, 3.05) is 19.6 Å². The quantitative estimate of drug-likeness (QED) is 0.845. The fourth-order valence-corrected chi connectivity index (χ4v) is 3.88. The van der Waals surface area contributed by atoms with Gasteiger partial charge in [0, 0.05) is 17.1 Å². The van der Waals surface area contributed by atoms with Crippen LogP contribution in [0.5, 0.6) is 5.75 Å². The van der Waals surface area contributed by atoms with Crippen LogP contribution in [0.25, 0.3) is 11.3 Å². The van der Waals surface area contributed by atoms with Gasteiger partial charge in [-0.2, -0.15) is 0 Å². The van der Waals surface area contributed by atoms with Gasteiger partial charge in [0.25, 0.3) is 0 Å². The lowest BCUT2D eigenvalue weighted by Gasteiger charge is -2.44. The molecule has 0 spiro atoms. The van der Waals surface area contributed by atoms with Gasteiger partial charge in [0.1, 0.15) is 11.9 Å². The van der Waals surface area contributed by atoms with Gasteiger partial charge in [-0.1, -0.05) is 23.2 Å². The van der Waals surface area contributed by atoms with E-state index in [0.29, 0.717) is 12.0 Å². The summed E-state index contributed by atoms with van der Waals surface area (Å²) >= 11 is 6.29. The number of aromatic nitrogens is 1. The molecule has 5 rings (SSSR count). The van der Waals surface area contributed by atoms with E-state index in [4.69, 9.17) is 16.3 Å². The molecule has 2 aromatic rings. The molecule has 0 N–H and O–H groups in total. The number of halogens is 1. The SMILES string of the molecule is Cc1ccc(Cl)c(-c2ccc(O[C@H]3CN4CCC3CC4)cn2)c1. The van der Waals surface area contributed by atoms with Crippen molar-refractivity contribution in [1.82, 2.24) is 9.88 Å². The summed E-state index contributed by atoms with van der Waals surface area (Å²) in [4.78, 5) is 7.05. The number of hydrogen-bond donors (Lipinski definition) is 0. The molecular weight excluding hydrogens is 308 g/mol. The lowest BCUT2D eigenvalue weighted by Crippen LogP contribution is -2.52. The standard InChI is InChI=1S/C19H21ClN2O/c1-13-2-4-17(20)16(10-13)18-5-3-15(11-21-18)23-19-12-22-8-6-14(19)7-9-22/h2-5,10-11,14,19H,6-9,12H2,1H3/t19-/m0/s1. The number of fused-ring (bicyclic) bond motifs is 3. The second kappa shape index (κ2) is 6.14. The van der Waals surface area contributed by atoms with Crippen LogP contribution in [0.2, 0.25) is 5.02 Å². The highest BCUT2D eigenvalue weighted by atomic mass is 35.5. The van der Waals surface area contributed by atoms with E-state index in [1.807, 2.05) is 30.5 Å². The maximum atomic E-state index is 6.29. The number of piperidine rings is 3. The van der Waals surface area contributed by atoms with Crippen molar-refractivity contribution in [2.24, 2.45) is 5.92 Å². The molecule has 4 heteroatoms. The smallest absolute Gasteiger partial charge is 0.138 e. The highest BCUT2D eigenvalue weighted by Gasteiger charge is 2.35. The zero-order valence-corrected chi connectivity index (χ0v) is 14.1. The van der Waals surface area contributed by atoms with Crippen molar-refractivity contribution in [3.05, 3.63) is 47.1 Å². The van der Waals surface area contributed by atoms with Gasteiger partial charge in [-0.25, -0.2) is 0 Å². The Morgan fingerprint density at radius 3 is 2.65 bits per heavy atom. The maximum Gasteiger partial charge on any atom is 0.138 e. The molecule has 3 fully saturated rings. The molecule has 0 amide bonds. The number of pyridine rings is 1. The number of rotatable bonds is 3. The van der Waals surface area contributed by atoms with Gasteiger partial charge >= 0.3 is 0 Å². The van der Waals surface area contributed by atoms with Crippen LogP contribution in [0.3, 0.4) is 0 Å². The van der Waals surface area contributed by atoms with Crippen molar-refractivity contribution < 1.29 is 4.74 Å². The summed E-state index contributed by atoms with van der Waals surface area (Å²) in [5.74, 6) is 1.56. The van der Waals surface area contributed by atoms with Crippen LogP contribution in [-0.2, 0) is 0 Å². The zero-order valence-electron chi connectivity index (χ0n) is 13.3. The van der Waals surface area contributed by atoms with Gasteiger partial charge in [-0.3, -0.25) is 9.88 Å². The maximum absolute atomic E-state index is 6.29. The summed E-state index contributed by atoms with van der Waals surface area (Å²) in [6, 6.07) is 10.0. The van der Waals surface area contributed by atoms with Gasteiger partial charge < -0.3 is 4.74 Å². The minimum atomic E-state index is 0.313. The van der Waals surface area contributed by atoms with E-state index in [0.717, 1.165) is 28.6 Å². The second-order valence-corrected chi connectivity index (χ2v) is 7.06. The Labute approximate surface area is 142 Å². The summed E-state index contributed by atoms with van der Waals surface area (Å²) in [5, 5.41) is 0.731. The molecule has 0 unspecified atom stereocenters. The first-order chi connectivity index (χ1) is 11.2. The topological polar surface area (TPSA) is 25.4 Å². The van der Waals surface area contributed by atoms with Gasteiger partial charge in [0.05, 0.1) is 11.9 Å². The highest BCUT2D eigenvalue weighted by molar-refractivity contribution is 6.33. The van der Waals surface area contributed by atoms with Crippen molar-refractivity contribution in [3.8, 4) is 17.0 Å². The lowest BCUT2D eigenvalue weighted by molar-refractivity contribution is -0.00791. The second-order valence-electron chi connectivity index (χ2n) is 6.66. The summed E-state index contributed by atoms with van der Waals surface area (Å²) in [6.07, 6.45) is 4.66. The lowest BCUT2D eigenvalue weighted by atomic mass is 9.86. The molecule has 23 heavy (non-hydrogen) atoms. The van der Waals surface area contributed by atoms with E-state index in [1.54, 1.807) is 0 Å². The fourth-order valence-electron chi connectivity index (χ4n) is 3.66. The fraction of sp³-hybridized carbons (Fsp3) is 0.421. The number of benzene rings is 1. The third-order valence-electron chi connectivity index (χ3n) is 5.02. The molecule has 3 nitrogen and oxygen atoms in total. The largest absolute Gasteiger partial charge is 0.487 e. The molecule has 1 aromatic heterocycles. The first kappa shape index (κ1) is 15.0. The van der Waals surface area contributed by atoms with Crippen molar-refractivity contribution in [3.63, 3.8) is 0 Å². The molecular formula is C19H21ClN2O. The Balaban J connectivity index is 1.51. The van der Waals surface area contributed by atoms with Crippen molar-refractivity contribution in [1.29, 1.82) is 0 Å². The normalized spacial score (nSPS) is 26.3. The van der Waals surface area contributed by atoms with Gasteiger partial charge in [0.15, 0.2) is 0 Å². The molecule has 120 valence electrons.